The molecule has 1 heterocycles. The number of aromatic nitrogens is 2. The Morgan fingerprint density at radius 1 is 1.03 bits per heavy atom. The number of nitrogens with one attached hydrogen (secondary N) is 3. The Bertz CT molecular complexity index is 1140. The van der Waals surface area contributed by atoms with E-state index >= 15 is 0 Å². The monoisotopic (exact) mass is 441 g/mol. The van der Waals surface area contributed by atoms with Gasteiger partial charge in [0.25, 0.3) is 5.91 Å². The summed E-state index contributed by atoms with van der Waals surface area (Å²) in [5, 5.41) is 9.34. The average Bonchev–Trinajstić information content (AvgIpc) is 3.27. The van der Waals surface area contributed by atoms with Crippen molar-refractivity contribution in [3.05, 3.63) is 72.6 Å². The quantitative estimate of drug-likeness (QED) is 0.493. The Morgan fingerprint density at radius 3 is 2.29 bits per heavy atom. The zero-order valence-corrected chi connectivity index (χ0v) is 17.9. The molecule has 0 fully saturated rings. The molecule has 0 radical (unpaired) electrons. The molecule has 0 atom stereocenters. The predicted octanol–water partition coefficient (Wildman–Crippen LogP) is 1.93. The van der Waals surface area contributed by atoms with E-state index in [2.05, 4.69) is 20.5 Å². The fourth-order valence-corrected chi connectivity index (χ4v) is 4.00. The van der Waals surface area contributed by atoms with Gasteiger partial charge in [0.15, 0.2) is 0 Å². The summed E-state index contributed by atoms with van der Waals surface area (Å²) in [6.45, 7) is 3.21. The first-order valence-corrected chi connectivity index (χ1v) is 11.0. The van der Waals surface area contributed by atoms with E-state index in [4.69, 9.17) is 0 Å². The van der Waals surface area contributed by atoms with E-state index in [1.54, 1.807) is 36.9 Å². The summed E-state index contributed by atoms with van der Waals surface area (Å²) in [5.74, 6) is -0.870. The minimum Gasteiger partial charge on any atom is -0.343 e. The summed E-state index contributed by atoms with van der Waals surface area (Å²) in [4.78, 5) is 24.4. The van der Waals surface area contributed by atoms with Crippen LogP contribution in [0.2, 0.25) is 0 Å². The van der Waals surface area contributed by atoms with Crippen LogP contribution in [0.4, 0.5) is 5.69 Å². The Balaban J connectivity index is 1.52. The lowest BCUT2D eigenvalue weighted by Gasteiger charge is -2.10. The topological polar surface area (TPSA) is 122 Å². The molecule has 3 aromatic rings. The number of sulfonamides is 1. The lowest BCUT2D eigenvalue weighted by atomic mass is 10.2. The van der Waals surface area contributed by atoms with Gasteiger partial charge in [0, 0.05) is 29.7 Å². The first-order valence-electron chi connectivity index (χ1n) is 9.55. The molecule has 0 bridgehead atoms. The standard InChI is InChI=1S/C21H23N5O4S/c1-15(2)25-31(29,30)19-10-4-16(5-11-19)21(28)22-14-20(27)24-17-6-8-18(9-7-17)26-13-3-12-23-26/h3-13,15,25H,14H2,1-2H3,(H,22,28)(H,24,27). The Labute approximate surface area is 180 Å². The van der Waals surface area contributed by atoms with Gasteiger partial charge in [0.1, 0.15) is 0 Å². The predicted molar refractivity (Wildman–Crippen MR) is 116 cm³/mol. The van der Waals surface area contributed by atoms with Gasteiger partial charge in [-0.2, -0.15) is 5.10 Å². The van der Waals surface area contributed by atoms with Gasteiger partial charge in [-0.3, -0.25) is 9.59 Å². The third-order valence-corrected chi connectivity index (χ3v) is 5.82. The molecule has 1 aromatic heterocycles. The van der Waals surface area contributed by atoms with Crippen molar-refractivity contribution in [2.75, 3.05) is 11.9 Å². The first-order chi connectivity index (χ1) is 14.7. The van der Waals surface area contributed by atoms with Gasteiger partial charge in [-0.1, -0.05) is 0 Å². The molecular formula is C21H23N5O4S. The SMILES string of the molecule is CC(C)NS(=O)(=O)c1ccc(C(=O)NCC(=O)Nc2ccc(-n3cccn3)cc2)cc1. The van der Waals surface area contributed by atoms with Gasteiger partial charge in [-0.05, 0) is 68.4 Å². The number of hydrogen-bond donors (Lipinski definition) is 3. The molecule has 3 rings (SSSR count). The summed E-state index contributed by atoms with van der Waals surface area (Å²) in [5.41, 5.74) is 1.69. The highest BCUT2D eigenvalue weighted by molar-refractivity contribution is 7.89. The maximum Gasteiger partial charge on any atom is 0.251 e. The molecule has 0 unspecified atom stereocenters. The number of benzene rings is 2. The highest BCUT2D eigenvalue weighted by Gasteiger charge is 2.16. The van der Waals surface area contributed by atoms with Crippen LogP contribution >= 0.6 is 0 Å². The van der Waals surface area contributed by atoms with Gasteiger partial charge in [0.05, 0.1) is 17.1 Å². The number of rotatable bonds is 8. The van der Waals surface area contributed by atoms with Crippen LogP contribution in [0.1, 0.15) is 24.2 Å². The smallest absolute Gasteiger partial charge is 0.251 e. The van der Waals surface area contributed by atoms with Crippen molar-refractivity contribution >= 4 is 27.5 Å². The number of amides is 2. The third kappa shape index (κ3) is 6.00. The zero-order valence-electron chi connectivity index (χ0n) is 17.1. The lowest BCUT2D eigenvalue weighted by Crippen LogP contribution is -2.33. The van der Waals surface area contributed by atoms with Crippen LogP contribution in [0, 0.1) is 0 Å². The second-order valence-electron chi connectivity index (χ2n) is 7.03. The first kappa shape index (κ1) is 22.2. The Morgan fingerprint density at radius 2 is 1.71 bits per heavy atom. The number of hydrogen-bond acceptors (Lipinski definition) is 5. The molecule has 0 saturated heterocycles. The molecule has 31 heavy (non-hydrogen) atoms. The summed E-state index contributed by atoms with van der Waals surface area (Å²) in [6.07, 6.45) is 3.49. The minimum absolute atomic E-state index is 0.0639. The molecule has 0 spiro atoms. The molecule has 3 N–H and O–H groups in total. The zero-order chi connectivity index (χ0) is 22.4. The molecular weight excluding hydrogens is 418 g/mol. The van der Waals surface area contributed by atoms with Crippen molar-refractivity contribution in [1.29, 1.82) is 0 Å². The fraction of sp³-hybridized carbons (Fsp3) is 0.190. The molecule has 2 amide bonds. The van der Waals surface area contributed by atoms with Crippen molar-refractivity contribution < 1.29 is 18.0 Å². The van der Waals surface area contributed by atoms with E-state index in [1.165, 1.54) is 24.3 Å². The molecule has 9 nitrogen and oxygen atoms in total. The highest BCUT2D eigenvalue weighted by atomic mass is 32.2. The van der Waals surface area contributed by atoms with Gasteiger partial charge in [0.2, 0.25) is 15.9 Å². The molecule has 10 heteroatoms. The molecule has 0 aliphatic heterocycles. The molecule has 162 valence electrons. The average molecular weight is 442 g/mol. The van der Waals surface area contributed by atoms with Crippen LogP contribution in [0.15, 0.2) is 71.9 Å². The van der Waals surface area contributed by atoms with Crippen LogP contribution < -0.4 is 15.4 Å². The van der Waals surface area contributed by atoms with Gasteiger partial charge >= 0.3 is 0 Å². The minimum atomic E-state index is -3.63. The van der Waals surface area contributed by atoms with E-state index in [1.807, 2.05) is 24.4 Å². The Hall–Kier alpha value is -3.50. The summed E-state index contributed by atoms with van der Waals surface area (Å²) in [6, 6.07) is 14.2. The second-order valence-corrected chi connectivity index (χ2v) is 8.74. The molecule has 0 saturated carbocycles. The molecule has 0 aliphatic carbocycles. The van der Waals surface area contributed by atoms with Crippen LogP contribution in [-0.2, 0) is 14.8 Å². The van der Waals surface area contributed by atoms with Crippen LogP contribution in [-0.4, -0.2) is 42.6 Å². The van der Waals surface area contributed by atoms with Gasteiger partial charge in [-0.15, -0.1) is 0 Å². The van der Waals surface area contributed by atoms with Crippen molar-refractivity contribution in [3.8, 4) is 5.69 Å². The summed E-state index contributed by atoms with van der Waals surface area (Å²) >= 11 is 0. The number of nitrogens with zero attached hydrogens (tertiary/aromatic N) is 2. The summed E-state index contributed by atoms with van der Waals surface area (Å²) in [7, 11) is -3.63. The van der Waals surface area contributed by atoms with E-state index in [0.717, 1.165) is 5.69 Å². The number of carbonyl (C=O) groups is 2. The van der Waals surface area contributed by atoms with Gasteiger partial charge < -0.3 is 10.6 Å². The maximum atomic E-state index is 12.3. The van der Waals surface area contributed by atoms with E-state index in [0.29, 0.717) is 5.69 Å². The lowest BCUT2D eigenvalue weighted by molar-refractivity contribution is -0.115. The largest absolute Gasteiger partial charge is 0.343 e. The second kappa shape index (κ2) is 9.54. The Kier molecular flexibility index (Phi) is 6.83. The van der Waals surface area contributed by atoms with E-state index in [9.17, 15) is 18.0 Å². The number of anilines is 1. The van der Waals surface area contributed by atoms with Crippen molar-refractivity contribution in [2.45, 2.75) is 24.8 Å². The fourth-order valence-electron chi connectivity index (χ4n) is 2.75. The van der Waals surface area contributed by atoms with Crippen molar-refractivity contribution in [2.24, 2.45) is 0 Å². The molecule has 2 aromatic carbocycles. The van der Waals surface area contributed by atoms with E-state index in [-0.39, 0.29) is 29.0 Å². The third-order valence-electron chi connectivity index (χ3n) is 4.15. The van der Waals surface area contributed by atoms with Crippen molar-refractivity contribution in [3.63, 3.8) is 0 Å². The van der Waals surface area contributed by atoms with Crippen molar-refractivity contribution in [1.82, 2.24) is 19.8 Å². The van der Waals surface area contributed by atoms with Crippen LogP contribution in [0.5, 0.6) is 0 Å². The normalized spacial score (nSPS) is 11.3. The summed E-state index contributed by atoms with van der Waals surface area (Å²) < 4.78 is 28.4. The maximum absolute atomic E-state index is 12.3. The van der Waals surface area contributed by atoms with E-state index < -0.39 is 15.9 Å². The highest BCUT2D eigenvalue weighted by Crippen LogP contribution is 2.13. The van der Waals surface area contributed by atoms with Crippen LogP contribution in [0.3, 0.4) is 0 Å². The van der Waals surface area contributed by atoms with Gasteiger partial charge in [-0.25, -0.2) is 17.8 Å². The van der Waals surface area contributed by atoms with Crippen LogP contribution in [0.25, 0.3) is 5.69 Å². The number of carbonyl (C=O) groups excluding carboxylic acids is 2. The molecule has 0 aliphatic rings.